The van der Waals surface area contributed by atoms with Crippen molar-refractivity contribution < 1.29 is 0 Å². The maximum atomic E-state index is 3.53. The van der Waals surface area contributed by atoms with Crippen LogP contribution in [0.3, 0.4) is 0 Å². The van der Waals surface area contributed by atoms with E-state index in [2.05, 4.69) is 68.6 Å². The molecule has 0 radical (unpaired) electrons. The maximum absolute atomic E-state index is 3.53. The molecule has 2 aromatic rings. The standard InChI is InChI=1S/C20H27N/c1-4-13-21-15-18-9-7-8-10-19(18)20-14-16(5-2)11-12-17(20)6-3/h7-12,14,21H,4-6,13,15H2,1-3H3. The summed E-state index contributed by atoms with van der Waals surface area (Å²) in [5, 5.41) is 3.53. The summed E-state index contributed by atoms with van der Waals surface area (Å²) in [5.74, 6) is 0. The average Bonchev–Trinajstić information content (AvgIpc) is 2.55. The van der Waals surface area contributed by atoms with E-state index < -0.39 is 0 Å². The zero-order valence-corrected chi connectivity index (χ0v) is 13.6. The van der Waals surface area contributed by atoms with Crippen LogP contribution in [0.4, 0.5) is 0 Å². The van der Waals surface area contributed by atoms with Crippen molar-refractivity contribution in [2.24, 2.45) is 0 Å². The molecule has 0 spiro atoms. The van der Waals surface area contributed by atoms with E-state index in [4.69, 9.17) is 0 Å². The van der Waals surface area contributed by atoms with Gasteiger partial charge >= 0.3 is 0 Å². The highest BCUT2D eigenvalue weighted by Crippen LogP contribution is 2.29. The minimum absolute atomic E-state index is 0.948. The molecule has 0 unspecified atom stereocenters. The molecule has 1 N–H and O–H groups in total. The van der Waals surface area contributed by atoms with E-state index in [0.29, 0.717) is 0 Å². The van der Waals surface area contributed by atoms with Crippen LogP contribution < -0.4 is 5.32 Å². The quantitative estimate of drug-likeness (QED) is 0.706. The molecule has 2 rings (SSSR count). The van der Waals surface area contributed by atoms with Crippen LogP contribution in [0.5, 0.6) is 0 Å². The molecule has 0 fully saturated rings. The van der Waals surface area contributed by atoms with Gasteiger partial charge in [0.05, 0.1) is 0 Å². The van der Waals surface area contributed by atoms with Gasteiger partial charge < -0.3 is 5.32 Å². The van der Waals surface area contributed by atoms with Crippen LogP contribution in [0.2, 0.25) is 0 Å². The molecule has 0 heterocycles. The van der Waals surface area contributed by atoms with Gasteiger partial charge in [-0.05, 0) is 53.6 Å². The number of hydrogen-bond donors (Lipinski definition) is 1. The first-order chi connectivity index (χ1) is 10.3. The Bertz CT molecular complexity index is 572. The maximum Gasteiger partial charge on any atom is 0.0211 e. The fourth-order valence-corrected chi connectivity index (χ4v) is 2.74. The molecule has 0 amide bonds. The van der Waals surface area contributed by atoms with E-state index in [1.54, 1.807) is 0 Å². The SMILES string of the molecule is CCCNCc1ccccc1-c1cc(CC)ccc1CC. The summed E-state index contributed by atoms with van der Waals surface area (Å²) in [6.07, 6.45) is 3.34. The molecule has 1 heteroatoms. The Morgan fingerprint density at radius 3 is 2.33 bits per heavy atom. The minimum Gasteiger partial charge on any atom is -0.313 e. The smallest absolute Gasteiger partial charge is 0.0211 e. The Labute approximate surface area is 129 Å². The fourth-order valence-electron chi connectivity index (χ4n) is 2.74. The fraction of sp³-hybridized carbons (Fsp3) is 0.400. The largest absolute Gasteiger partial charge is 0.313 e. The highest BCUT2D eigenvalue weighted by Gasteiger charge is 2.09. The summed E-state index contributed by atoms with van der Waals surface area (Å²) >= 11 is 0. The van der Waals surface area contributed by atoms with Crippen molar-refractivity contribution in [3.05, 3.63) is 59.2 Å². The molecular weight excluding hydrogens is 254 g/mol. The molecule has 112 valence electrons. The zero-order valence-electron chi connectivity index (χ0n) is 13.6. The molecule has 1 nitrogen and oxygen atoms in total. The van der Waals surface area contributed by atoms with Crippen LogP contribution in [0.15, 0.2) is 42.5 Å². The number of hydrogen-bond acceptors (Lipinski definition) is 1. The summed E-state index contributed by atoms with van der Waals surface area (Å²) in [7, 11) is 0. The average molecular weight is 281 g/mol. The van der Waals surface area contributed by atoms with Gasteiger partial charge in [0.1, 0.15) is 0 Å². The lowest BCUT2D eigenvalue weighted by Gasteiger charge is -2.15. The molecule has 0 aliphatic rings. The van der Waals surface area contributed by atoms with Crippen LogP contribution in [0.25, 0.3) is 11.1 Å². The van der Waals surface area contributed by atoms with Crippen molar-refractivity contribution in [2.45, 2.75) is 46.6 Å². The van der Waals surface area contributed by atoms with Gasteiger partial charge in [0.2, 0.25) is 0 Å². The second-order valence-corrected chi connectivity index (χ2v) is 5.53. The number of rotatable bonds is 7. The second-order valence-electron chi connectivity index (χ2n) is 5.53. The van der Waals surface area contributed by atoms with E-state index in [9.17, 15) is 0 Å². The van der Waals surface area contributed by atoms with Gasteiger partial charge in [-0.25, -0.2) is 0 Å². The van der Waals surface area contributed by atoms with Crippen LogP contribution in [0.1, 0.15) is 43.9 Å². The summed E-state index contributed by atoms with van der Waals surface area (Å²) < 4.78 is 0. The van der Waals surface area contributed by atoms with E-state index in [1.807, 2.05) is 0 Å². The number of benzene rings is 2. The minimum atomic E-state index is 0.948. The monoisotopic (exact) mass is 281 g/mol. The third-order valence-corrected chi connectivity index (χ3v) is 4.01. The zero-order chi connectivity index (χ0) is 15.1. The summed E-state index contributed by atoms with van der Waals surface area (Å²) in [6, 6.07) is 15.7. The van der Waals surface area contributed by atoms with E-state index in [1.165, 1.54) is 34.2 Å². The Kier molecular flexibility index (Phi) is 6.01. The van der Waals surface area contributed by atoms with Crippen molar-refractivity contribution in [1.82, 2.24) is 5.32 Å². The van der Waals surface area contributed by atoms with Crippen molar-refractivity contribution >= 4 is 0 Å². The van der Waals surface area contributed by atoms with Crippen molar-refractivity contribution in [3.63, 3.8) is 0 Å². The lowest BCUT2D eigenvalue weighted by atomic mass is 9.92. The third-order valence-electron chi connectivity index (χ3n) is 4.01. The molecule has 0 atom stereocenters. The van der Waals surface area contributed by atoms with Gasteiger partial charge in [0.15, 0.2) is 0 Å². The molecule has 0 aliphatic carbocycles. The van der Waals surface area contributed by atoms with Gasteiger partial charge in [-0.3, -0.25) is 0 Å². The Hall–Kier alpha value is -1.60. The molecule has 0 bridgehead atoms. The predicted octanol–water partition coefficient (Wildman–Crippen LogP) is 4.98. The molecule has 0 aromatic heterocycles. The third kappa shape index (κ3) is 3.95. The summed E-state index contributed by atoms with van der Waals surface area (Å²) in [5.41, 5.74) is 7.04. The van der Waals surface area contributed by atoms with Gasteiger partial charge in [0.25, 0.3) is 0 Å². The number of nitrogens with one attached hydrogen (secondary N) is 1. The molecule has 0 saturated heterocycles. The summed E-state index contributed by atoms with van der Waals surface area (Å²) in [4.78, 5) is 0. The topological polar surface area (TPSA) is 12.0 Å². The molecule has 0 aliphatic heterocycles. The highest BCUT2D eigenvalue weighted by atomic mass is 14.8. The molecule has 2 aromatic carbocycles. The summed E-state index contributed by atoms with van der Waals surface area (Å²) in [6.45, 7) is 8.69. The van der Waals surface area contributed by atoms with Crippen LogP contribution in [-0.4, -0.2) is 6.54 Å². The van der Waals surface area contributed by atoms with Crippen molar-refractivity contribution in [1.29, 1.82) is 0 Å². The molecule has 21 heavy (non-hydrogen) atoms. The lowest BCUT2D eigenvalue weighted by molar-refractivity contribution is 0.676. The van der Waals surface area contributed by atoms with Gasteiger partial charge in [-0.1, -0.05) is 63.2 Å². The lowest BCUT2D eigenvalue weighted by Crippen LogP contribution is -2.14. The van der Waals surface area contributed by atoms with Gasteiger partial charge in [-0.15, -0.1) is 0 Å². The normalized spacial score (nSPS) is 10.8. The van der Waals surface area contributed by atoms with E-state index in [-0.39, 0.29) is 0 Å². The second kappa shape index (κ2) is 7.99. The molecular formula is C20H27N. The van der Waals surface area contributed by atoms with E-state index in [0.717, 1.165) is 25.9 Å². The Balaban J connectivity index is 2.40. The van der Waals surface area contributed by atoms with E-state index >= 15 is 0 Å². The highest BCUT2D eigenvalue weighted by molar-refractivity contribution is 5.71. The Morgan fingerprint density at radius 1 is 0.810 bits per heavy atom. The van der Waals surface area contributed by atoms with Crippen molar-refractivity contribution in [2.75, 3.05) is 6.54 Å². The van der Waals surface area contributed by atoms with Crippen LogP contribution >= 0.6 is 0 Å². The van der Waals surface area contributed by atoms with Gasteiger partial charge in [-0.2, -0.15) is 0 Å². The van der Waals surface area contributed by atoms with Crippen LogP contribution in [0, 0.1) is 0 Å². The Morgan fingerprint density at radius 2 is 1.62 bits per heavy atom. The van der Waals surface area contributed by atoms with Gasteiger partial charge in [0, 0.05) is 6.54 Å². The predicted molar refractivity (Wildman–Crippen MR) is 92.6 cm³/mol. The van der Waals surface area contributed by atoms with Crippen molar-refractivity contribution in [3.8, 4) is 11.1 Å². The number of aryl methyl sites for hydroxylation is 2. The first-order valence-corrected chi connectivity index (χ1v) is 8.20. The first kappa shape index (κ1) is 15.8. The van der Waals surface area contributed by atoms with Crippen LogP contribution in [-0.2, 0) is 19.4 Å². The first-order valence-electron chi connectivity index (χ1n) is 8.20. The molecule has 0 saturated carbocycles.